The molecule has 1 amide bonds. The van der Waals surface area contributed by atoms with Gasteiger partial charge in [-0.15, -0.1) is 0 Å². The molecule has 1 aromatic heterocycles. The van der Waals surface area contributed by atoms with Crippen molar-refractivity contribution in [2.24, 2.45) is 5.92 Å². The van der Waals surface area contributed by atoms with Gasteiger partial charge in [0.25, 0.3) is 5.69 Å². The van der Waals surface area contributed by atoms with E-state index < -0.39 is 5.92 Å². The molecule has 1 atom stereocenters. The number of aromatic nitrogens is 1. The van der Waals surface area contributed by atoms with Crippen LogP contribution in [-0.2, 0) is 11.2 Å². The first-order valence-corrected chi connectivity index (χ1v) is 10.0. The lowest BCUT2D eigenvalue weighted by Crippen LogP contribution is -2.28. The Labute approximate surface area is 170 Å². The number of hydrogen-bond acceptors (Lipinski definition) is 3. The lowest BCUT2D eigenvalue weighted by Gasteiger charge is -2.18. The first-order valence-electron chi connectivity index (χ1n) is 10.0. The molecule has 0 unspecified atom stereocenters. The topological polar surface area (TPSA) is 88.0 Å². The molecule has 0 aliphatic carbocycles. The van der Waals surface area contributed by atoms with E-state index >= 15 is 0 Å². The molecule has 0 fully saturated rings. The summed E-state index contributed by atoms with van der Waals surface area (Å²) in [5.74, 6) is -0.184. The highest BCUT2D eigenvalue weighted by Gasteiger charge is 2.27. The van der Waals surface area contributed by atoms with E-state index in [0.717, 1.165) is 22.9 Å². The average molecular weight is 393 g/mol. The van der Waals surface area contributed by atoms with Crippen molar-refractivity contribution < 1.29 is 9.72 Å². The van der Waals surface area contributed by atoms with Crippen molar-refractivity contribution in [2.45, 2.75) is 39.5 Å². The Morgan fingerprint density at radius 3 is 2.59 bits per heavy atom. The van der Waals surface area contributed by atoms with E-state index in [4.69, 9.17) is 0 Å². The summed E-state index contributed by atoms with van der Waals surface area (Å²) in [7, 11) is 0. The van der Waals surface area contributed by atoms with Crippen LogP contribution < -0.4 is 5.32 Å². The maximum atomic E-state index is 12.7. The fourth-order valence-electron chi connectivity index (χ4n) is 3.73. The molecular weight excluding hydrogens is 366 g/mol. The summed E-state index contributed by atoms with van der Waals surface area (Å²) in [4.78, 5) is 27.3. The van der Waals surface area contributed by atoms with Crippen LogP contribution in [0.15, 0.2) is 48.7 Å². The third-order valence-corrected chi connectivity index (χ3v) is 5.20. The molecule has 0 aliphatic heterocycles. The Bertz CT molecular complexity index is 1020. The number of benzene rings is 2. The van der Waals surface area contributed by atoms with Crippen molar-refractivity contribution in [2.75, 3.05) is 6.54 Å². The highest BCUT2D eigenvalue weighted by Crippen LogP contribution is 2.38. The van der Waals surface area contributed by atoms with Crippen LogP contribution in [0.5, 0.6) is 0 Å². The number of nitrogens with zero attached hydrogens (tertiary/aromatic N) is 1. The number of amides is 1. The minimum atomic E-state index is -0.412. The molecule has 0 aliphatic rings. The first-order chi connectivity index (χ1) is 13.9. The largest absolute Gasteiger partial charge is 0.361 e. The number of carbonyl (C=O) groups excluding carboxylic acids is 1. The molecule has 0 saturated heterocycles. The summed E-state index contributed by atoms with van der Waals surface area (Å²) in [6.45, 7) is 6.74. The van der Waals surface area contributed by atoms with Crippen molar-refractivity contribution in [1.82, 2.24) is 10.3 Å². The number of nitro benzene ring substituents is 1. The van der Waals surface area contributed by atoms with E-state index in [1.165, 1.54) is 11.6 Å². The van der Waals surface area contributed by atoms with Crippen LogP contribution in [0, 0.1) is 16.0 Å². The predicted octanol–water partition coefficient (Wildman–Crippen LogP) is 4.93. The Hall–Kier alpha value is -3.15. The molecule has 0 radical (unpaired) electrons. The number of rotatable bonds is 8. The van der Waals surface area contributed by atoms with Crippen LogP contribution in [-0.4, -0.2) is 22.4 Å². The number of aromatic amines is 1. The normalized spacial score (nSPS) is 12.3. The number of fused-ring (bicyclic) bond motifs is 1. The summed E-state index contributed by atoms with van der Waals surface area (Å²) in [5.41, 5.74) is 3.70. The standard InChI is InChI=1S/C23H27N3O3/c1-4-16-8-7-10-18-20(14-25-23(16)18)19(12-22(27)24-13-15(2)3)17-9-5-6-11-21(17)26(28)29/h5-11,14-15,19,25H,4,12-13H2,1-3H3,(H,24,27)/t19-/m1/s1. The number of H-pyrrole nitrogens is 1. The highest BCUT2D eigenvalue weighted by atomic mass is 16.6. The van der Waals surface area contributed by atoms with Crippen molar-refractivity contribution >= 4 is 22.5 Å². The lowest BCUT2D eigenvalue weighted by atomic mass is 9.86. The molecule has 3 rings (SSSR count). The number of hydrogen-bond donors (Lipinski definition) is 2. The molecule has 6 nitrogen and oxygen atoms in total. The van der Waals surface area contributed by atoms with Gasteiger partial charge >= 0.3 is 0 Å². The molecule has 2 N–H and O–H groups in total. The second-order valence-electron chi connectivity index (χ2n) is 7.71. The fraction of sp³-hybridized carbons (Fsp3) is 0.348. The van der Waals surface area contributed by atoms with Gasteiger partial charge in [-0.3, -0.25) is 14.9 Å². The van der Waals surface area contributed by atoms with Gasteiger partial charge in [-0.25, -0.2) is 0 Å². The third kappa shape index (κ3) is 4.47. The van der Waals surface area contributed by atoms with Gasteiger partial charge in [-0.2, -0.15) is 0 Å². The number of aryl methyl sites for hydroxylation is 1. The van der Waals surface area contributed by atoms with Gasteiger partial charge in [0.2, 0.25) is 5.91 Å². The Kier molecular flexibility index (Phi) is 6.32. The summed E-state index contributed by atoms with van der Waals surface area (Å²) in [6.07, 6.45) is 2.92. The third-order valence-electron chi connectivity index (χ3n) is 5.20. The summed E-state index contributed by atoms with van der Waals surface area (Å²) >= 11 is 0. The van der Waals surface area contributed by atoms with E-state index in [2.05, 4.69) is 23.3 Å². The Morgan fingerprint density at radius 1 is 1.14 bits per heavy atom. The quantitative estimate of drug-likeness (QED) is 0.420. The van der Waals surface area contributed by atoms with Crippen molar-refractivity contribution in [1.29, 1.82) is 0 Å². The smallest absolute Gasteiger partial charge is 0.273 e. The van der Waals surface area contributed by atoms with Gasteiger partial charge in [0.05, 0.1) is 4.92 Å². The number of carbonyl (C=O) groups is 1. The molecule has 29 heavy (non-hydrogen) atoms. The molecule has 0 spiro atoms. The van der Waals surface area contributed by atoms with Gasteiger partial charge < -0.3 is 10.3 Å². The van der Waals surface area contributed by atoms with E-state index in [1.807, 2.05) is 32.2 Å². The fourth-order valence-corrected chi connectivity index (χ4v) is 3.73. The Morgan fingerprint density at radius 2 is 1.90 bits per heavy atom. The summed E-state index contributed by atoms with van der Waals surface area (Å²) in [6, 6.07) is 12.8. The maximum absolute atomic E-state index is 12.7. The minimum absolute atomic E-state index is 0.0372. The van der Waals surface area contributed by atoms with Crippen molar-refractivity contribution in [3.63, 3.8) is 0 Å². The number of para-hydroxylation sites is 2. The van der Waals surface area contributed by atoms with Crippen LogP contribution >= 0.6 is 0 Å². The van der Waals surface area contributed by atoms with Gasteiger partial charge in [0, 0.05) is 47.6 Å². The molecule has 1 heterocycles. The van der Waals surface area contributed by atoms with E-state index in [-0.39, 0.29) is 22.9 Å². The average Bonchev–Trinajstić information content (AvgIpc) is 3.14. The maximum Gasteiger partial charge on any atom is 0.273 e. The Balaban J connectivity index is 2.09. The SMILES string of the molecule is CCc1cccc2c([C@H](CC(=O)NCC(C)C)c3ccccc3[N+](=O)[O-])c[nH]c12. The molecule has 0 saturated carbocycles. The summed E-state index contributed by atoms with van der Waals surface area (Å²) < 4.78 is 0. The predicted molar refractivity (Wildman–Crippen MR) is 115 cm³/mol. The monoisotopic (exact) mass is 393 g/mol. The van der Waals surface area contributed by atoms with E-state index in [1.54, 1.807) is 18.2 Å². The van der Waals surface area contributed by atoms with E-state index in [9.17, 15) is 14.9 Å². The minimum Gasteiger partial charge on any atom is -0.361 e. The lowest BCUT2D eigenvalue weighted by molar-refractivity contribution is -0.385. The zero-order valence-corrected chi connectivity index (χ0v) is 17.1. The molecule has 0 bridgehead atoms. The number of nitrogens with one attached hydrogen (secondary N) is 2. The van der Waals surface area contributed by atoms with Gasteiger partial charge in [0.15, 0.2) is 0 Å². The second kappa shape index (κ2) is 8.90. The molecule has 6 heteroatoms. The number of nitro groups is 1. The first kappa shape index (κ1) is 20.6. The van der Waals surface area contributed by atoms with Crippen LogP contribution in [0.2, 0.25) is 0 Å². The van der Waals surface area contributed by atoms with Crippen LogP contribution in [0.3, 0.4) is 0 Å². The zero-order valence-electron chi connectivity index (χ0n) is 17.1. The van der Waals surface area contributed by atoms with E-state index in [0.29, 0.717) is 18.0 Å². The molecule has 152 valence electrons. The highest BCUT2D eigenvalue weighted by molar-refractivity contribution is 5.88. The van der Waals surface area contributed by atoms with Gasteiger partial charge in [0.1, 0.15) is 0 Å². The van der Waals surface area contributed by atoms with Crippen LogP contribution in [0.25, 0.3) is 10.9 Å². The van der Waals surface area contributed by atoms with Crippen LogP contribution in [0.1, 0.15) is 49.8 Å². The molecule has 2 aromatic carbocycles. The molecule has 3 aromatic rings. The van der Waals surface area contributed by atoms with Gasteiger partial charge in [-0.1, -0.05) is 57.2 Å². The van der Waals surface area contributed by atoms with Crippen molar-refractivity contribution in [3.05, 3.63) is 75.5 Å². The van der Waals surface area contributed by atoms with Crippen molar-refractivity contribution in [3.8, 4) is 0 Å². The van der Waals surface area contributed by atoms with Crippen LogP contribution in [0.4, 0.5) is 5.69 Å². The molecular formula is C23H27N3O3. The summed E-state index contributed by atoms with van der Waals surface area (Å²) in [5, 5.41) is 15.6. The second-order valence-corrected chi connectivity index (χ2v) is 7.71. The zero-order chi connectivity index (χ0) is 21.0. The van der Waals surface area contributed by atoms with Gasteiger partial charge in [-0.05, 0) is 23.5 Å².